The molecule has 1 aliphatic heterocycles. The monoisotopic (exact) mass is 337 g/mol. The van der Waals surface area contributed by atoms with Crippen molar-refractivity contribution in [1.29, 1.82) is 0 Å². The van der Waals surface area contributed by atoms with E-state index in [4.69, 9.17) is 0 Å². The maximum absolute atomic E-state index is 11.2. The molecule has 1 amide bonds. The second kappa shape index (κ2) is 8.33. The molecule has 0 spiro atoms. The third kappa shape index (κ3) is 5.74. The third-order valence-corrected chi connectivity index (χ3v) is 4.97. The summed E-state index contributed by atoms with van der Waals surface area (Å²) in [6, 6.07) is 0. The van der Waals surface area contributed by atoms with E-state index in [2.05, 4.69) is 70.3 Å². The van der Waals surface area contributed by atoms with Crippen LogP contribution in [0.2, 0.25) is 0 Å². The molecule has 134 valence electrons. The summed E-state index contributed by atoms with van der Waals surface area (Å²) in [5.74, 6) is -0.000794. The van der Waals surface area contributed by atoms with E-state index in [1.54, 1.807) is 6.08 Å². The average Bonchev–Trinajstić information content (AvgIpc) is 2.91. The number of hydrogen-bond acceptors (Lipinski definition) is 1. The summed E-state index contributed by atoms with van der Waals surface area (Å²) in [7, 11) is 0. The Morgan fingerprint density at radius 2 is 1.96 bits per heavy atom. The lowest BCUT2D eigenvalue weighted by molar-refractivity contribution is -0.115. The average molecular weight is 338 g/mol. The lowest BCUT2D eigenvalue weighted by Crippen LogP contribution is -2.19. The van der Waals surface area contributed by atoms with Gasteiger partial charge in [-0.3, -0.25) is 4.79 Å². The van der Waals surface area contributed by atoms with Crippen LogP contribution in [0.25, 0.3) is 0 Å². The number of allylic oxidation sites excluding steroid dienone is 9. The predicted molar refractivity (Wildman–Crippen MR) is 107 cm³/mol. The van der Waals surface area contributed by atoms with Gasteiger partial charge in [0.15, 0.2) is 0 Å². The molecule has 1 aliphatic carbocycles. The normalized spacial score (nSPS) is 22.1. The standard InChI is InChI=1S/C23H31NO/c1-17(11-12-21-19(3)10-7-13-23(21,4)5)8-6-9-18(2)14-20-15-22(25)24-16-20/h6,8-9,11-12,14-15H,7,10,13,16H2,1-5H3,(H,24,25)/b9-6+,12-11+,17-8+,18-14+. The van der Waals surface area contributed by atoms with Crippen molar-refractivity contribution in [2.75, 3.05) is 6.54 Å². The van der Waals surface area contributed by atoms with Gasteiger partial charge in [-0.05, 0) is 56.6 Å². The maximum Gasteiger partial charge on any atom is 0.244 e. The molecule has 2 nitrogen and oxygen atoms in total. The molecular formula is C23H31NO. The van der Waals surface area contributed by atoms with E-state index in [1.807, 2.05) is 6.08 Å². The number of amides is 1. The van der Waals surface area contributed by atoms with Gasteiger partial charge in [0.2, 0.25) is 5.91 Å². The van der Waals surface area contributed by atoms with E-state index in [0.29, 0.717) is 6.54 Å². The fourth-order valence-electron chi connectivity index (χ4n) is 3.53. The van der Waals surface area contributed by atoms with Gasteiger partial charge >= 0.3 is 0 Å². The zero-order valence-corrected chi connectivity index (χ0v) is 16.3. The highest BCUT2D eigenvalue weighted by molar-refractivity contribution is 5.91. The van der Waals surface area contributed by atoms with E-state index in [1.165, 1.54) is 36.0 Å². The lowest BCUT2D eigenvalue weighted by atomic mass is 9.72. The van der Waals surface area contributed by atoms with Crippen LogP contribution < -0.4 is 5.32 Å². The van der Waals surface area contributed by atoms with E-state index in [9.17, 15) is 4.79 Å². The zero-order chi connectivity index (χ0) is 18.4. The summed E-state index contributed by atoms with van der Waals surface area (Å²) in [6.45, 7) is 11.8. The minimum atomic E-state index is -0.000794. The quantitative estimate of drug-likeness (QED) is 0.652. The number of carbonyl (C=O) groups excluding carboxylic acids is 1. The number of nitrogens with one attached hydrogen (secondary N) is 1. The first-order valence-corrected chi connectivity index (χ1v) is 9.18. The molecule has 0 fully saturated rings. The van der Waals surface area contributed by atoms with Crippen LogP contribution in [0.4, 0.5) is 0 Å². The Kier molecular flexibility index (Phi) is 6.41. The highest BCUT2D eigenvalue weighted by atomic mass is 16.1. The Morgan fingerprint density at radius 1 is 1.20 bits per heavy atom. The van der Waals surface area contributed by atoms with Gasteiger partial charge in [0.05, 0.1) is 0 Å². The van der Waals surface area contributed by atoms with Gasteiger partial charge in [0.25, 0.3) is 0 Å². The SMILES string of the molecule is CC1=C(/C=C/C(C)=C/C=C/C(C)=C/C2=CC(=O)NC2)C(C)(C)CCC1. The van der Waals surface area contributed by atoms with Gasteiger partial charge in [0, 0.05) is 12.6 Å². The van der Waals surface area contributed by atoms with Crippen molar-refractivity contribution in [2.24, 2.45) is 5.41 Å². The number of rotatable bonds is 5. The first-order valence-electron chi connectivity index (χ1n) is 9.18. The molecule has 0 atom stereocenters. The molecule has 0 saturated heterocycles. The lowest BCUT2D eigenvalue weighted by Gasteiger charge is -2.32. The molecule has 0 saturated carbocycles. The summed E-state index contributed by atoms with van der Waals surface area (Å²) in [6.07, 6.45) is 18.3. The summed E-state index contributed by atoms with van der Waals surface area (Å²) in [5.41, 5.74) is 6.73. The molecule has 0 bridgehead atoms. The summed E-state index contributed by atoms with van der Waals surface area (Å²) in [4.78, 5) is 11.2. The largest absolute Gasteiger partial charge is 0.348 e. The van der Waals surface area contributed by atoms with Gasteiger partial charge in [-0.25, -0.2) is 0 Å². The number of hydrogen-bond donors (Lipinski definition) is 1. The Morgan fingerprint density at radius 3 is 2.60 bits per heavy atom. The summed E-state index contributed by atoms with van der Waals surface area (Å²) >= 11 is 0. The molecule has 0 aromatic carbocycles. The zero-order valence-electron chi connectivity index (χ0n) is 16.3. The highest BCUT2D eigenvalue weighted by Gasteiger charge is 2.26. The second-order valence-electron chi connectivity index (χ2n) is 7.86. The number of carbonyl (C=O) groups is 1. The molecule has 2 heteroatoms. The van der Waals surface area contributed by atoms with Crippen molar-refractivity contribution in [3.8, 4) is 0 Å². The van der Waals surface area contributed by atoms with E-state index in [-0.39, 0.29) is 11.3 Å². The van der Waals surface area contributed by atoms with Gasteiger partial charge in [-0.15, -0.1) is 0 Å². The van der Waals surface area contributed by atoms with Crippen LogP contribution >= 0.6 is 0 Å². The molecular weight excluding hydrogens is 306 g/mol. The Hall–Kier alpha value is -2.09. The Balaban J connectivity index is 2.00. The van der Waals surface area contributed by atoms with Crippen LogP contribution in [-0.4, -0.2) is 12.5 Å². The molecule has 0 radical (unpaired) electrons. The highest BCUT2D eigenvalue weighted by Crippen LogP contribution is 2.40. The van der Waals surface area contributed by atoms with Gasteiger partial charge < -0.3 is 5.32 Å². The second-order valence-corrected chi connectivity index (χ2v) is 7.86. The Bertz CT molecular complexity index is 708. The first kappa shape index (κ1) is 19.2. The van der Waals surface area contributed by atoms with E-state index < -0.39 is 0 Å². The minimum Gasteiger partial charge on any atom is -0.348 e. The Labute approximate surface area is 152 Å². The van der Waals surface area contributed by atoms with Gasteiger partial charge in [-0.2, -0.15) is 0 Å². The fourth-order valence-corrected chi connectivity index (χ4v) is 3.53. The molecule has 0 aromatic heterocycles. The molecule has 2 aliphatic rings. The van der Waals surface area contributed by atoms with E-state index in [0.717, 1.165) is 11.1 Å². The topological polar surface area (TPSA) is 29.1 Å². The minimum absolute atomic E-state index is 0.000794. The first-order chi connectivity index (χ1) is 11.8. The maximum atomic E-state index is 11.2. The smallest absolute Gasteiger partial charge is 0.244 e. The van der Waals surface area contributed by atoms with E-state index >= 15 is 0 Å². The van der Waals surface area contributed by atoms with Gasteiger partial charge in [0.1, 0.15) is 0 Å². The van der Waals surface area contributed by atoms with Crippen molar-refractivity contribution < 1.29 is 4.79 Å². The van der Waals surface area contributed by atoms with Crippen molar-refractivity contribution in [3.63, 3.8) is 0 Å². The molecule has 25 heavy (non-hydrogen) atoms. The molecule has 1 heterocycles. The van der Waals surface area contributed by atoms with Crippen LogP contribution in [0.3, 0.4) is 0 Å². The summed E-state index contributed by atoms with van der Waals surface area (Å²) < 4.78 is 0. The van der Waals surface area contributed by atoms with Crippen molar-refractivity contribution in [1.82, 2.24) is 5.32 Å². The van der Waals surface area contributed by atoms with Crippen molar-refractivity contribution in [2.45, 2.75) is 53.9 Å². The van der Waals surface area contributed by atoms with Crippen LogP contribution in [0.5, 0.6) is 0 Å². The van der Waals surface area contributed by atoms with Crippen LogP contribution in [0.1, 0.15) is 53.9 Å². The van der Waals surface area contributed by atoms with Crippen LogP contribution in [0, 0.1) is 5.41 Å². The van der Waals surface area contributed by atoms with Gasteiger partial charge in [-0.1, -0.05) is 67.0 Å². The third-order valence-electron chi connectivity index (χ3n) is 4.97. The van der Waals surface area contributed by atoms with Crippen LogP contribution in [-0.2, 0) is 4.79 Å². The van der Waals surface area contributed by atoms with Crippen LogP contribution in [0.15, 0.2) is 70.4 Å². The molecule has 2 rings (SSSR count). The molecule has 0 unspecified atom stereocenters. The van der Waals surface area contributed by atoms with Crippen molar-refractivity contribution in [3.05, 3.63) is 70.4 Å². The molecule has 0 aromatic rings. The predicted octanol–water partition coefficient (Wildman–Crippen LogP) is 5.57. The fraction of sp³-hybridized carbons (Fsp3) is 0.435. The van der Waals surface area contributed by atoms with Crippen molar-refractivity contribution >= 4 is 5.91 Å². The molecule has 1 N–H and O–H groups in total. The summed E-state index contributed by atoms with van der Waals surface area (Å²) in [5, 5.41) is 2.78.